The van der Waals surface area contributed by atoms with Crippen molar-refractivity contribution in [2.45, 2.75) is 180 Å². The molecule has 25 nitrogen and oxygen atoms in total. The largest absolute Gasteiger partial charge is 0.394 e. The number of nitrogens with two attached hydrogens (primary N) is 1. The van der Waals surface area contributed by atoms with Gasteiger partial charge >= 0.3 is 6.03 Å². The average molecular weight is 1210 g/mol. The average Bonchev–Trinajstić information content (AvgIpc) is 2.48. The van der Waals surface area contributed by atoms with Crippen LogP contribution >= 0.6 is 0 Å². The standard InChI is InChI=1S/C61H97N11O14/c1-12-37(6)53(70(9)60(82)52(36(4)5)68-59(81)54-40-20-21-43(32-40)69(54)8)46(84-10)33-50(77)71-26-15-19-45(71)55(85-11)38(7)56(78)65-42(34-73)31-39-16-13-17-41(30-39)64-57(79)44(18-14-25-63-61(62)83)66-58(80)51(35(2)3)67-47(74)24-28-86-29-27-72-48(75)22-23-49(72)76/h13,16-17,22-23,30,35-38,40,42-46,51-55,73H,12,14-15,18-21,24-29,31-34H2,1-11H3,(H,64,79)(H,65,78)(H,66,80)(H,67,74)(H,68,81)(H3,62,63,83)/t37-,38+,40-,42-,43+,44-,45-,46+,51-,52-,53-,54-,55+/m0/s1. The molecule has 0 unspecified atom stereocenters. The minimum atomic E-state index is -1.14. The lowest BCUT2D eigenvalue weighted by atomic mass is 9.89. The highest BCUT2D eigenvalue weighted by Gasteiger charge is 2.49. The number of rotatable bonds is 35. The van der Waals surface area contributed by atoms with E-state index in [1.807, 2.05) is 34.7 Å². The predicted octanol–water partition coefficient (Wildman–Crippen LogP) is 1.59. The number of carbonyl (C=O) groups is 10. The monoisotopic (exact) mass is 1210 g/mol. The number of aliphatic hydroxyl groups is 1. The molecule has 3 fully saturated rings. The summed E-state index contributed by atoms with van der Waals surface area (Å²) in [5, 5.41) is 27.4. The SMILES string of the molecule is CC[C@H](C)[C@@H]([C@@H](CC(=O)N1CCC[C@H]1[C@H](OC)[C@@H](C)C(=O)N[C@H](CO)Cc1cccc(NC(=O)[C@H](CCCNC(N)=O)NC(=O)[C@@H](NC(=O)CCOCCN2C(=O)C=CC2=O)C(C)C)c1)OC)N(C)C(=O)[C@@H](NC(=O)[C@@H]1[C@H]2CC[C@H](C2)N1C)C(C)C. The topological polar surface area (TPSA) is 330 Å². The molecule has 1 aromatic rings. The third-order valence-corrected chi connectivity index (χ3v) is 17.6. The molecule has 1 aliphatic carbocycles. The highest BCUT2D eigenvalue weighted by molar-refractivity contribution is 6.12. The predicted molar refractivity (Wildman–Crippen MR) is 320 cm³/mol. The zero-order chi connectivity index (χ0) is 63.5. The van der Waals surface area contributed by atoms with Crippen molar-refractivity contribution in [3.63, 3.8) is 0 Å². The molecule has 5 rings (SSSR count). The molecule has 0 spiro atoms. The maximum atomic E-state index is 14.5. The number of hydrogen-bond acceptors (Lipinski definition) is 15. The number of methoxy groups -OCH3 is 2. The number of hydrogen-bond donors (Lipinski definition) is 8. The van der Waals surface area contributed by atoms with Crippen molar-refractivity contribution in [3.05, 3.63) is 42.0 Å². The van der Waals surface area contributed by atoms with Gasteiger partial charge in [0, 0.05) is 64.7 Å². The van der Waals surface area contributed by atoms with Gasteiger partial charge in [-0.2, -0.15) is 0 Å². The van der Waals surface area contributed by atoms with Crippen LogP contribution in [0.2, 0.25) is 0 Å². The van der Waals surface area contributed by atoms with Crippen LogP contribution in [0.25, 0.3) is 0 Å². The Bertz CT molecular complexity index is 2530. The maximum absolute atomic E-state index is 14.5. The Morgan fingerprint density at radius 1 is 0.849 bits per heavy atom. The van der Waals surface area contributed by atoms with Gasteiger partial charge in [0.25, 0.3) is 11.8 Å². The summed E-state index contributed by atoms with van der Waals surface area (Å²) in [5.41, 5.74) is 6.24. The lowest BCUT2D eigenvalue weighted by Crippen LogP contribution is -2.60. The number of likely N-dealkylation sites (N-methyl/N-ethyl adjacent to an activating group) is 2. The van der Waals surface area contributed by atoms with E-state index in [0.717, 1.165) is 36.3 Å². The van der Waals surface area contributed by atoms with Gasteiger partial charge in [0.15, 0.2) is 0 Å². The first-order valence-electron chi connectivity index (χ1n) is 30.5. The summed E-state index contributed by atoms with van der Waals surface area (Å²) >= 11 is 0. The molecule has 13 atom stereocenters. The van der Waals surface area contributed by atoms with E-state index >= 15 is 0 Å². The minimum Gasteiger partial charge on any atom is -0.394 e. The zero-order valence-corrected chi connectivity index (χ0v) is 52.3. The van der Waals surface area contributed by atoms with Gasteiger partial charge < -0.3 is 66.8 Å². The molecule has 11 amide bonds. The van der Waals surface area contributed by atoms with Gasteiger partial charge in [0.1, 0.15) is 18.1 Å². The van der Waals surface area contributed by atoms with E-state index in [-0.39, 0.29) is 99.9 Å². The molecule has 4 aliphatic rings. The molecule has 0 radical (unpaired) electrons. The van der Waals surface area contributed by atoms with Gasteiger partial charge in [-0.15, -0.1) is 0 Å². The number of likely N-dealkylation sites (tertiary alicyclic amines) is 2. The third kappa shape index (κ3) is 19.0. The van der Waals surface area contributed by atoms with Crippen LogP contribution in [0, 0.1) is 29.6 Å². The van der Waals surface area contributed by atoms with Crippen molar-refractivity contribution < 1.29 is 67.3 Å². The fraction of sp³-hybridized carbons (Fsp3) is 0.705. The number of fused-ring (bicyclic) bond motifs is 2. The van der Waals surface area contributed by atoms with Crippen LogP contribution in [-0.4, -0.2) is 212 Å². The van der Waals surface area contributed by atoms with E-state index < -0.39 is 108 Å². The molecule has 1 aromatic carbocycles. The lowest BCUT2D eigenvalue weighted by molar-refractivity contribution is -0.148. The van der Waals surface area contributed by atoms with Crippen molar-refractivity contribution in [1.82, 2.24) is 46.2 Å². The van der Waals surface area contributed by atoms with Crippen molar-refractivity contribution in [2.75, 3.05) is 73.1 Å². The second kappa shape index (κ2) is 33.5. The number of imide groups is 1. The smallest absolute Gasteiger partial charge is 0.312 e. The number of ether oxygens (including phenoxy) is 3. The molecule has 3 heterocycles. The number of piperidine rings is 1. The lowest BCUT2D eigenvalue weighted by Gasteiger charge is -2.41. The number of amides is 11. The molecule has 2 saturated heterocycles. The van der Waals surface area contributed by atoms with Gasteiger partial charge in [-0.1, -0.05) is 67.0 Å². The number of primary amides is 1. The summed E-state index contributed by atoms with van der Waals surface area (Å²) in [6, 6.07) is 1.37. The number of nitrogens with zero attached hydrogens (tertiary/aromatic N) is 4. The van der Waals surface area contributed by atoms with Crippen LogP contribution in [0.15, 0.2) is 36.4 Å². The number of anilines is 1. The number of benzene rings is 1. The first-order valence-corrected chi connectivity index (χ1v) is 30.5. The van der Waals surface area contributed by atoms with Crippen molar-refractivity contribution in [2.24, 2.45) is 35.3 Å². The van der Waals surface area contributed by atoms with Crippen molar-refractivity contribution in [3.8, 4) is 0 Å². The van der Waals surface area contributed by atoms with Gasteiger partial charge in [-0.05, 0) is 99.8 Å². The van der Waals surface area contributed by atoms with E-state index in [1.54, 1.807) is 61.9 Å². The van der Waals surface area contributed by atoms with Gasteiger partial charge in [-0.3, -0.25) is 53.0 Å². The van der Waals surface area contributed by atoms with Crippen LogP contribution in [0.1, 0.15) is 118 Å². The molecule has 0 aromatic heterocycles. The van der Waals surface area contributed by atoms with Gasteiger partial charge in [-0.25, -0.2) is 4.79 Å². The van der Waals surface area contributed by atoms with E-state index in [4.69, 9.17) is 19.9 Å². The molecule has 1 saturated carbocycles. The van der Waals surface area contributed by atoms with E-state index in [2.05, 4.69) is 36.8 Å². The zero-order valence-electron chi connectivity index (χ0n) is 52.3. The summed E-state index contributed by atoms with van der Waals surface area (Å²) in [4.78, 5) is 139. The summed E-state index contributed by atoms with van der Waals surface area (Å²) in [6.07, 6.45) is 6.17. The van der Waals surface area contributed by atoms with E-state index in [1.165, 1.54) is 14.2 Å². The second-order valence-electron chi connectivity index (χ2n) is 24.2. The van der Waals surface area contributed by atoms with E-state index in [9.17, 15) is 53.1 Å². The van der Waals surface area contributed by atoms with Crippen molar-refractivity contribution in [1.29, 1.82) is 0 Å². The molecular weight excluding hydrogens is 1110 g/mol. The summed E-state index contributed by atoms with van der Waals surface area (Å²) < 4.78 is 17.6. The Labute approximate surface area is 506 Å². The first-order chi connectivity index (χ1) is 40.8. The quantitative estimate of drug-likeness (QED) is 0.0354. The minimum absolute atomic E-state index is 0.0113. The Kier molecular flexibility index (Phi) is 27.4. The maximum Gasteiger partial charge on any atom is 0.312 e. The molecular formula is C61H97N11O14. The number of carbonyl (C=O) groups excluding carboxylic acids is 10. The highest BCUT2D eigenvalue weighted by atomic mass is 16.5. The Hall–Kier alpha value is -6.54. The summed E-state index contributed by atoms with van der Waals surface area (Å²) in [6.45, 7) is 13.1. The molecule has 9 N–H and O–H groups in total. The summed E-state index contributed by atoms with van der Waals surface area (Å²) in [7, 11) is 6.74. The Balaban J connectivity index is 1.18. The van der Waals surface area contributed by atoms with E-state index in [0.29, 0.717) is 43.1 Å². The van der Waals surface area contributed by atoms with Crippen LogP contribution in [0.5, 0.6) is 0 Å². The van der Waals surface area contributed by atoms with Gasteiger partial charge in [0.2, 0.25) is 41.4 Å². The van der Waals surface area contributed by atoms with Crippen LogP contribution in [-0.2, 0) is 63.8 Å². The Morgan fingerprint density at radius 3 is 2.15 bits per heavy atom. The molecule has 3 aliphatic heterocycles. The van der Waals surface area contributed by atoms with Crippen molar-refractivity contribution >= 4 is 64.9 Å². The fourth-order valence-electron chi connectivity index (χ4n) is 12.6. The fourth-order valence-corrected chi connectivity index (χ4v) is 12.6. The molecule has 480 valence electrons. The molecule has 2 bridgehead atoms. The van der Waals surface area contributed by atoms with Crippen LogP contribution in [0.3, 0.4) is 0 Å². The molecule has 86 heavy (non-hydrogen) atoms. The highest BCUT2D eigenvalue weighted by Crippen LogP contribution is 2.41. The van der Waals surface area contributed by atoms with Crippen LogP contribution < -0.4 is 37.6 Å². The Morgan fingerprint density at radius 2 is 1.55 bits per heavy atom. The van der Waals surface area contributed by atoms with Crippen LogP contribution in [0.4, 0.5) is 10.5 Å². The summed E-state index contributed by atoms with van der Waals surface area (Å²) in [5.74, 6) is -4.85. The third-order valence-electron chi connectivity index (χ3n) is 17.6. The normalized spacial score (nSPS) is 21.5. The number of aliphatic hydroxyl groups excluding tert-OH is 1. The number of nitrogens with one attached hydrogen (secondary N) is 6. The first kappa shape index (κ1) is 70.2. The molecule has 25 heteroatoms. The second-order valence-corrected chi connectivity index (χ2v) is 24.2. The van der Waals surface area contributed by atoms with Gasteiger partial charge in [0.05, 0.1) is 75.1 Å². The number of urea groups is 1.